The second kappa shape index (κ2) is 7.92. The molecule has 6 heteroatoms. The van der Waals surface area contributed by atoms with Crippen LogP contribution >= 0.6 is 0 Å². The van der Waals surface area contributed by atoms with Crippen molar-refractivity contribution in [2.75, 3.05) is 20.7 Å². The molecule has 5 aliphatic rings. The van der Waals surface area contributed by atoms with Crippen molar-refractivity contribution in [3.05, 3.63) is 70.5 Å². The highest BCUT2D eigenvalue weighted by Gasteiger charge is 2.68. The van der Waals surface area contributed by atoms with Crippen LogP contribution in [0.25, 0.3) is 6.08 Å². The Morgan fingerprint density at radius 3 is 2.77 bits per heavy atom. The summed E-state index contributed by atoms with van der Waals surface area (Å²) in [5.74, 6) is 1.00. The number of likely N-dealkylation sites (tertiary alicyclic amines) is 1. The fourth-order valence-corrected chi connectivity index (χ4v) is 7.19. The molecule has 0 amide bonds. The highest BCUT2D eigenvalue weighted by atomic mass is 16.5. The van der Waals surface area contributed by atoms with Gasteiger partial charge < -0.3 is 24.6 Å². The first-order valence-electron chi connectivity index (χ1n) is 12.6. The Bertz CT molecular complexity index is 1190. The second-order valence-corrected chi connectivity index (χ2v) is 10.6. The summed E-state index contributed by atoms with van der Waals surface area (Å²) in [6, 6.07) is 7.85. The fraction of sp³-hybridized carbons (Fsp3) is 0.483. The van der Waals surface area contributed by atoms with Crippen LogP contribution in [0.2, 0.25) is 0 Å². The number of aliphatic hydroxyl groups is 2. The zero-order valence-corrected chi connectivity index (χ0v) is 20.5. The molecular formula is C29H33NO5. The zero-order valence-electron chi connectivity index (χ0n) is 20.5. The maximum absolute atomic E-state index is 14.0. The van der Waals surface area contributed by atoms with Gasteiger partial charge in [-0.15, -0.1) is 0 Å². The van der Waals surface area contributed by atoms with Crippen LogP contribution in [0, 0.1) is 11.3 Å². The minimum Gasteiger partial charge on any atom is -0.497 e. The van der Waals surface area contributed by atoms with Crippen molar-refractivity contribution in [2.45, 2.75) is 56.5 Å². The summed E-state index contributed by atoms with van der Waals surface area (Å²) in [6.45, 7) is 2.83. The first-order chi connectivity index (χ1) is 16.8. The first kappa shape index (κ1) is 22.8. The molecule has 2 heterocycles. The van der Waals surface area contributed by atoms with E-state index >= 15 is 0 Å². The minimum atomic E-state index is -1.76. The molecule has 1 saturated carbocycles. The minimum absolute atomic E-state index is 0.188. The van der Waals surface area contributed by atoms with Crippen molar-refractivity contribution in [3.8, 4) is 5.75 Å². The number of benzene rings is 1. The van der Waals surface area contributed by atoms with Crippen molar-refractivity contribution in [2.24, 2.45) is 11.3 Å². The van der Waals surface area contributed by atoms with E-state index in [0.717, 1.165) is 36.3 Å². The molecule has 2 fully saturated rings. The predicted octanol–water partition coefficient (Wildman–Crippen LogP) is 3.41. The molecule has 1 aromatic carbocycles. The lowest BCUT2D eigenvalue weighted by atomic mass is 9.51. The van der Waals surface area contributed by atoms with E-state index in [1.54, 1.807) is 7.11 Å². The molecule has 6 atom stereocenters. The van der Waals surface area contributed by atoms with Gasteiger partial charge in [0.1, 0.15) is 23.7 Å². The molecule has 1 spiro atoms. The van der Waals surface area contributed by atoms with Crippen molar-refractivity contribution in [3.63, 3.8) is 0 Å². The third kappa shape index (κ3) is 3.03. The summed E-state index contributed by atoms with van der Waals surface area (Å²) in [4.78, 5) is 16.4. The molecule has 2 bridgehead atoms. The molecule has 1 aromatic rings. The van der Waals surface area contributed by atoms with Gasteiger partial charge in [-0.05, 0) is 67.8 Å². The Kier molecular flexibility index (Phi) is 5.15. The van der Waals surface area contributed by atoms with E-state index in [9.17, 15) is 15.0 Å². The Balaban J connectivity index is 1.43. The van der Waals surface area contributed by atoms with Crippen LogP contribution < -0.4 is 4.74 Å². The normalized spacial score (nSPS) is 37.5. The van der Waals surface area contributed by atoms with Crippen LogP contribution in [-0.4, -0.2) is 65.4 Å². The number of methoxy groups -OCH3 is 1. The number of hydrogen-bond acceptors (Lipinski definition) is 6. The standard InChI is InChI=1S/C29H33NO5/c1-4-18(15-17-5-7-20(34-3)8-6-17)25(32)29(33)12-11-19-16-22-21-9-10-23(31)26-28(21,13-14-30(22)2)24(19)27(29)35-26/h5-11,15,21-23,26,31,33H,4,12-14,16H2,1-3H3/t21-,22+,23-,26-,28-,29?/m0/s1. The molecule has 2 N–H and O–H groups in total. The van der Waals surface area contributed by atoms with Crippen LogP contribution in [0.5, 0.6) is 5.75 Å². The van der Waals surface area contributed by atoms with Crippen molar-refractivity contribution in [1.82, 2.24) is 4.90 Å². The molecular weight excluding hydrogens is 442 g/mol. The lowest BCUT2D eigenvalue weighted by molar-refractivity contribution is -0.137. The zero-order chi connectivity index (χ0) is 24.5. The number of hydrogen-bond donors (Lipinski definition) is 2. The van der Waals surface area contributed by atoms with E-state index in [0.29, 0.717) is 23.8 Å². The molecule has 184 valence electrons. The summed E-state index contributed by atoms with van der Waals surface area (Å²) in [5.41, 5.74) is 1.42. The molecule has 6 nitrogen and oxygen atoms in total. The van der Waals surface area contributed by atoms with Gasteiger partial charge in [0.05, 0.1) is 7.11 Å². The van der Waals surface area contributed by atoms with Gasteiger partial charge in [0.15, 0.2) is 11.4 Å². The number of rotatable bonds is 5. The van der Waals surface area contributed by atoms with Crippen LogP contribution in [0.1, 0.15) is 38.2 Å². The SMILES string of the molecule is CCC(=Cc1ccc(OC)cc1)C(=O)C1(O)CC=C2C[C@@H]3[C@@H]4C=C[C@H](O)[C@@H]5OC1=C2[C@]45CCN3C. The Hall–Kier alpha value is -2.67. The summed E-state index contributed by atoms with van der Waals surface area (Å²) in [6.07, 6.45) is 9.02. The molecule has 35 heavy (non-hydrogen) atoms. The van der Waals surface area contributed by atoms with Crippen molar-refractivity contribution >= 4 is 11.9 Å². The quantitative estimate of drug-likeness (QED) is 0.502. The number of piperidine rings is 1. The number of ketones is 1. The van der Waals surface area contributed by atoms with E-state index in [4.69, 9.17) is 9.47 Å². The van der Waals surface area contributed by atoms with E-state index in [1.807, 2.05) is 43.3 Å². The number of nitrogens with zero attached hydrogens (tertiary/aromatic N) is 1. The molecule has 1 saturated heterocycles. The number of ether oxygens (including phenoxy) is 2. The number of Topliss-reactive ketones (excluding diaryl/α,β-unsaturated/α-hetero) is 1. The topological polar surface area (TPSA) is 79.2 Å². The average Bonchev–Trinajstić information content (AvgIpc) is 3.24. The third-order valence-electron chi connectivity index (χ3n) is 9.00. The highest BCUT2D eigenvalue weighted by molar-refractivity contribution is 6.07. The van der Waals surface area contributed by atoms with Gasteiger partial charge in [-0.3, -0.25) is 4.79 Å². The second-order valence-electron chi connectivity index (χ2n) is 10.6. The molecule has 6 rings (SSSR count). The van der Waals surface area contributed by atoms with Gasteiger partial charge in [-0.25, -0.2) is 0 Å². The molecule has 2 aliphatic heterocycles. The predicted molar refractivity (Wildman–Crippen MR) is 133 cm³/mol. The third-order valence-corrected chi connectivity index (χ3v) is 9.00. The van der Waals surface area contributed by atoms with Crippen LogP contribution in [0.15, 0.2) is 65.0 Å². The van der Waals surface area contributed by atoms with E-state index < -0.39 is 23.2 Å². The molecule has 0 aromatic heterocycles. The monoisotopic (exact) mass is 475 g/mol. The van der Waals surface area contributed by atoms with Crippen LogP contribution in [0.3, 0.4) is 0 Å². The Labute approximate surface area is 206 Å². The first-order valence-corrected chi connectivity index (χ1v) is 12.6. The van der Waals surface area contributed by atoms with Gasteiger partial charge in [0.25, 0.3) is 0 Å². The highest BCUT2D eigenvalue weighted by Crippen LogP contribution is 2.66. The van der Waals surface area contributed by atoms with E-state index in [-0.39, 0.29) is 18.1 Å². The number of carbonyl (C=O) groups excluding carboxylic acids is 1. The van der Waals surface area contributed by atoms with Gasteiger partial charge in [-0.2, -0.15) is 0 Å². The van der Waals surface area contributed by atoms with Crippen LogP contribution in [-0.2, 0) is 9.53 Å². The van der Waals surface area contributed by atoms with Gasteiger partial charge in [0, 0.05) is 29.4 Å². The summed E-state index contributed by atoms with van der Waals surface area (Å²) < 4.78 is 11.7. The Morgan fingerprint density at radius 1 is 1.29 bits per heavy atom. The van der Waals surface area contributed by atoms with Gasteiger partial charge in [0.2, 0.25) is 0 Å². The maximum atomic E-state index is 14.0. The Morgan fingerprint density at radius 2 is 2.06 bits per heavy atom. The summed E-state index contributed by atoms with van der Waals surface area (Å²) >= 11 is 0. The summed E-state index contributed by atoms with van der Waals surface area (Å²) in [5, 5.41) is 23.0. The lowest BCUT2D eigenvalue weighted by Crippen LogP contribution is -2.62. The van der Waals surface area contributed by atoms with Crippen molar-refractivity contribution < 1.29 is 24.5 Å². The molecule has 0 radical (unpaired) electrons. The van der Waals surface area contributed by atoms with Gasteiger partial charge in [-0.1, -0.05) is 37.3 Å². The number of carbonyl (C=O) groups is 1. The van der Waals surface area contributed by atoms with E-state index in [1.165, 1.54) is 5.57 Å². The average molecular weight is 476 g/mol. The lowest BCUT2D eigenvalue weighted by Gasteiger charge is -2.58. The molecule has 3 aliphatic carbocycles. The van der Waals surface area contributed by atoms with Crippen LogP contribution in [0.4, 0.5) is 0 Å². The van der Waals surface area contributed by atoms with E-state index in [2.05, 4.69) is 24.1 Å². The smallest absolute Gasteiger partial charge is 0.198 e. The fourth-order valence-electron chi connectivity index (χ4n) is 7.19. The molecule has 1 unspecified atom stereocenters. The largest absolute Gasteiger partial charge is 0.497 e. The van der Waals surface area contributed by atoms with Gasteiger partial charge >= 0.3 is 0 Å². The maximum Gasteiger partial charge on any atom is 0.198 e. The van der Waals surface area contributed by atoms with Crippen molar-refractivity contribution in [1.29, 1.82) is 0 Å². The number of aliphatic hydroxyl groups excluding tert-OH is 1. The summed E-state index contributed by atoms with van der Waals surface area (Å²) in [7, 11) is 3.78.